The Hall–Kier alpha value is -6.64. The maximum atomic E-state index is 6.85. The van der Waals surface area contributed by atoms with Crippen LogP contribution in [0.2, 0.25) is 0 Å². The van der Waals surface area contributed by atoms with Crippen molar-refractivity contribution in [3.05, 3.63) is 210 Å². The normalized spacial score (nSPS) is 14.4. The SMILES string of the molecule is CC1(C)c2ccccc2-c2ccc(N(c3ccccc3)c3ccc(-c4cccc5c4oc4cc(C6(C)c7ccccc7-c7ccccc76)ccc45)cc3)cc21. The second-order valence-electron chi connectivity index (χ2n) is 15.8. The van der Waals surface area contributed by atoms with Gasteiger partial charge in [0.1, 0.15) is 11.2 Å². The Bertz CT molecular complexity index is 2920. The summed E-state index contributed by atoms with van der Waals surface area (Å²) in [6, 6.07) is 66.5. The van der Waals surface area contributed by atoms with E-state index in [0.717, 1.165) is 50.1 Å². The van der Waals surface area contributed by atoms with Crippen LogP contribution in [-0.2, 0) is 10.8 Å². The first-order valence-electron chi connectivity index (χ1n) is 19.3. The van der Waals surface area contributed by atoms with Gasteiger partial charge in [-0.2, -0.15) is 0 Å². The van der Waals surface area contributed by atoms with E-state index in [2.05, 4.69) is 208 Å². The minimum absolute atomic E-state index is 0.0794. The van der Waals surface area contributed by atoms with Gasteiger partial charge in [-0.05, 0) is 105 Å². The zero-order valence-corrected chi connectivity index (χ0v) is 31.2. The van der Waals surface area contributed by atoms with Crippen LogP contribution < -0.4 is 4.90 Å². The maximum Gasteiger partial charge on any atom is 0.143 e. The molecule has 1 heterocycles. The molecule has 0 amide bonds. The summed E-state index contributed by atoms with van der Waals surface area (Å²) in [5, 5.41) is 2.27. The fourth-order valence-electron chi connectivity index (χ4n) is 9.75. The van der Waals surface area contributed by atoms with Gasteiger partial charge in [-0.15, -0.1) is 0 Å². The van der Waals surface area contributed by atoms with E-state index in [4.69, 9.17) is 4.42 Å². The Kier molecular flexibility index (Phi) is 6.76. The third-order valence-corrected chi connectivity index (χ3v) is 12.6. The van der Waals surface area contributed by atoms with Crippen LogP contribution >= 0.6 is 0 Å². The molecule has 0 atom stereocenters. The summed E-state index contributed by atoms with van der Waals surface area (Å²) >= 11 is 0. The Balaban J connectivity index is 0.992. The number of fused-ring (bicyclic) bond motifs is 9. The monoisotopic (exact) mass is 705 g/mol. The summed E-state index contributed by atoms with van der Waals surface area (Å²) in [7, 11) is 0. The highest BCUT2D eigenvalue weighted by Crippen LogP contribution is 2.53. The van der Waals surface area contributed by atoms with Gasteiger partial charge in [0.25, 0.3) is 0 Å². The van der Waals surface area contributed by atoms with Crippen LogP contribution in [0, 0.1) is 0 Å². The molecule has 0 aliphatic heterocycles. The lowest BCUT2D eigenvalue weighted by molar-refractivity contribution is 0.660. The van der Waals surface area contributed by atoms with Gasteiger partial charge in [0.2, 0.25) is 0 Å². The quantitative estimate of drug-likeness (QED) is 0.177. The summed E-state index contributed by atoms with van der Waals surface area (Å²) < 4.78 is 6.85. The van der Waals surface area contributed by atoms with E-state index in [-0.39, 0.29) is 10.8 Å². The van der Waals surface area contributed by atoms with Gasteiger partial charge >= 0.3 is 0 Å². The summed E-state index contributed by atoms with van der Waals surface area (Å²) in [5.74, 6) is 0. The van der Waals surface area contributed by atoms with E-state index in [1.54, 1.807) is 0 Å². The number of anilines is 3. The van der Waals surface area contributed by atoms with E-state index >= 15 is 0 Å². The average molecular weight is 706 g/mol. The largest absolute Gasteiger partial charge is 0.455 e. The molecule has 2 aliphatic carbocycles. The van der Waals surface area contributed by atoms with Gasteiger partial charge < -0.3 is 9.32 Å². The zero-order valence-electron chi connectivity index (χ0n) is 31.2. The minimum Gasteiger partial charge on any atom is -0.455 e. The molecule has 0 N–H and O–H groups in total. The van der Waals surface area contributed by atoms with Crippen LogP contribution in [0.15, 0.2) is 186 Å². The second kappa shape index (κ2) is 11.7. The molecular formula is C53H39NO. The van der Waals surface area contributed by atoms with Crippen molar-refractivity contribution in [2.24, 2.45) is 0 Å². The molecule has 0 bridgehead atoms. The summed E-state index contributed by atoms with van der Waals surface area (Å²) in [6.45, 7) is 7.04. The van der Waals surface area contributed by atoms with Crippen LogP contribution in [0.5, 0.6) is 0 Å². The van der Waals surface area contributed by atoms with E-state index in [0.29, 0.717) is 0 Å². The molecule has 0 radical (unpaired) electrons. The Morgan fingerprint density at radius 1 is 0.400 bits per heavy atom. The van der Waals surface area contributed by atoms with Crippen LogP contribution in [0.3, 0.4) is 0 Å². The van der Waals surface area contributed by atoms with Crippen molar-refractivity contribution in [1.82, 2.24) is 0 Å². The predicted octanol–water partition coefficient (Wildman–Crippen LogP) is 14.4. The lowest BCUT2D eigenvalue weighted by Gasteiger charge is -2.28. The molecule has 11 rings (SSSR count). The molecule has 0 fully saturated rings. The van der Waals surface area contributed by atoms with Crippen LogP contribution in [0.4, 0.5) is 17.1 Å². The summed E-state index contributed by atoms with van der Waals surface area (Å²) in [6.07, 6.45) is 0. The van der Waals surface area contributed by atoms with Gasteiger partial charge in [0, 0.05) is 44.2 Å². The lowest BCUT2D eigenvalue weighted by atomic mass is 9.74. The molecule has 0 saturated carbocycles. The van der Waals surface area contributed by atoms with E-state index in [1.807, 2.05) is 0 Å². The summed E-state index contributed by atoms with van der Waals surface area (Å²) in [4.78, 5) is 2.37. The smallest absolute Gasteiger partial charge is 0.143 e. The maximum absolute atomic E-state index is 6.85. The Labute approximate surface area is 322 Å². The first-order chi connectivity index (χ1) is 26.9. The Morgan fingerprint density at radius 3 is 1.67 bits per heavy atom. The number of rotatable bonds is 5. The standard InChI is InChI=1S/C53H39NO/c1-52(2)46-21-10-7-16-40(46)43-31-29-38(33-49(43)52)54(36-14-5-4-6-15-36)37-27-24-34(25-28-37)39-19-13-20-45-44-30-26-35(32-50(44)55-51(39)45)53(3)47-22-11-8-17-41(47)42-18-9-12-23-48(42)53/h4-33H,1-3H3. The third kappa shape index (κ3) is 4.55. The third-order valence-electron chi connectivity index (χ3n) is 12.6. The molecule has 55 heavy (non-hydrogen) atoms. The first kappa shape index (κ1) is 31.8. The predicted molar refractivity (Wildman–Crippen MR) is 229 cm³/mol. The zero-order chi connectivity index (χ0) is 36.9. The molecular weight excluding hydrogens is 667 g/mol. The fraction of sp³-hybridized carbons (Fsp3) is 0.0943. The molecule has 8 aromatic carbocycles. The van der Waals surface area contributed by atoms with Gasteiger partial charge in [0.15, 0.2) is 0 Å². The molecule has 262 valence electrons. The van der Waals surface area contributed by atoms with Crippen molar-refractivity contribution in [2.45, 2.75) is 31.6 Å². The second-order valence-corrected chi connectivity index (χ2v) is 15.8. The Morgan fingerprint density at radius 2 is 0.964 bits per heavy atom. The van der Waals surface area contributed by atoms with E-state index in [1.165, 1.54) is 50.1 Å². The van der Waals surface area contributed by atoms with Crippen molar-refractivity contribution >= 4 is 39.0 Å². The number of hydrogen-bond acceptors (Lipinski definition) is 2. The van der Waals surface area contributed by atoms with Crippen molar-refractivity contribution in [3.8, 4) is 33.4 Å². The first-order valence-corrected chi connectivity index (χ1v) is 19.3. The highest BCUT2D eigenvalue weighted by atomic mass is 16.3. The number of benzene rings is 8. The van der Waals surface area contributed by atoms with Crippen molar-refractivity contribution in [1.29, 1.82) is 0 Å². The van der Waals surface area contributed by atoms with Gasteiger partial charge in [-0.1, -0.05) is 153 Å². The van der Waals surface area contributed by atoms with Crippen molar-refractivity contribution in [3.63, 3.8) is 0 Å². The highest BCUT2D eigenvalue weighted by Gasteiger charge is 2.41. The molecule has 0 unspecified atom stereocenters. The number of para-hydroxylation sites is 2. The van der Waals surface area contributed by atoms with E-state index in [9.17, 15) is 0 Å². The molecule has 0 saturated heterocycles. The number of nitrogens with zero attached hydrogens (tertiary/aromatic N) is 1. The molecule has 2 nitrogen and oxygen atoms in total. The molecule has 1 aromatic heterocycles. The van der Waals surface area contributed by atoms with Crippen molar-refractivity contribution in [2.75, 3.05) is 4.90 Å². The van der Waals surface area contributed by atoms with Gasteiger partial charge in [0.05, 0.1) is 0 Å². The average Bonchev–Trinajstić information content (AvgIpc) is 3.82. The molecule has 9 aromatic rings. The van der Waals surface area contributed by atoms with Crippen molar-refractivity contribution < 1.29 is 4.42 Å². The summed E-state index contributed by atoms with van der Waals surface area (Å²) in [5.41, 5.74) is 19.0. The van der Waals surface area contributed by atoms with Gasteiger partial charge in [-0.25, -0.2) is 0 Å². The lowest BCUT2D eigenvalue weighted by Crippen LogP contribution is -2.22. The van der Waals surface area contributed by atoms with E-state index < -0.39 is 0 Å². The van der Waals surface area contributed by atoms with Crippen LogP contribution in [0.1, 0.15) is 48.6 Å². The number of hydrogen-bond donors (Lipinski definition) is 0. The van der Waals surface area contributed by atoms with Gasteiger partial charge in [-0.3, -0.25) is 0 Å². The molecule has 2 heteroatoms. The number of furan rings is 1. The minimum atomic E-state index is -0.276. The van der Waals surface area contributed by atoms with Crippen LogP contribution in [-0.4, -0.2) is 0 Å². The highest BCUT2D eigenvalue weighted by molar-refractivity contribution is 6.10. The fourth-order valence-corrected chi connectivity index (χ4v) is 9.75. The van der Waals surface area contributed by atoms with Crippen LogP contribution in [0.25, 0.3) is 55.3 Å². The topological polar surface area (TPSA) is 16.4 Å². The molecule has 2 aliphatic rings. The molecule has 0 spiro atoms.